The second-order valence-corrected chi connectivity index (χ2v) is 24.5. The van der Waals surface area contributed by atoms with Crippen molar-refractivity contribution in [1.82, 2.24) is 34.4 Å². The number of hydrogen-bond donors (Lipinski definition) is 5. The molecule has 0 bridgehead atoms. The summed E-state index contributed by atoms with van der Waals surface area (Å²) in [4.78, 5) is 18.6. The maximum Gasteiger partial charge on any atom is 0.311 e. The van der Waals surface area contributed by atoms with Crippen LogP contribution in [0.15, 0.2) is 66.2 Å². The average molecular weight is 1150 g/mol. The van der Waals surface area contributed by atoms with Crippen molar-refractivity contribution in [2.45, 2.75) is 204 Å². The van der Waals surface area contributed by atoms with Crippen LogP contribution in [-0.4, -0.2) is 204 Å². The summed E-state index contributed by atoms with van der Waals surface area (Å²) >= 11 is 1.30. The molecule has 0 amide bonds. The van der Waals surface area contributed by atoms with Gasteiger partial charge in [-0.1, -0.05) is 60.8 Å². The maximum atomic E-state index is 14.6. The third-order valence-electron chi connectivity index (χ3n) is 17.1. The van der Waals surface area contributed by atoms with Crippen LogP contribution in [0.4, 0.5) is 0 Å². The van der Waals surface area contributed by atoms with Gasteiger partial charge in [0.15, 0.2) is 12.6 Å². The first-order valence-corrected chi connectivity index (χ1v) is 29.5. The molecular formula is C59H91N7O14S. The highest BCUT2D eigenvalue weighted by molar-refractivity contribution is 7.03. The first-order chi connectivity index (χ1) is 38.3. The molecule has 0 radical (unpaired) electrons. The highest BCUT2D eigenvalue weighted by Gasteiger charge is 2.53. The summed E-state index contributed by atoms with van der Waals surface area (Å²) in [6.07, 6.45) is -6.90. The largest absolute Gasteiger partial charge is 0.491 e. The Morgan fingerprint density at radius 3 is 2.30 bits per heavy atom. The highest BCUT2D eigenvalue weighted by Crippen LogP contribution is 2.40. The Kier molecular flexibility index (Phi) is 22.4. The topological polar surface area (TPSA) is 255 Å². The summed E-state index contributed by atoms with van der Waals surface area (Å²) < 4.78 is 56.8. The van der Waals surface area contributed by atoms with Gasteiger partial charge >= 0.3 is 5.97 Å². The molecule has 452 valence electrons. The van der Waals surface area contributed by atoms with Gasteiger partial charge in [0.25, 0.3) is 0 Å². The molecule has 21 nitrogen and oxygen atoms in total. The summed E-state index contributed by atoms with van der Waals surface area (Å²) in [5, 5.41) is 75.3. The molecule has 7 rings (SSSR count). The first kappa shape index (κ1) is 64.5. The zero-order valence-corrected chi connectivity index (χ0v) is 50.4. The summed E-state index contributed by atoms with van der Waals surface area (Å²) in [5.74, 6) is -2.16. The number of methoxy groups -OCH3 is 1. The van der Waals surface area contributed by atoms with Crippen LogP contribution in [0.1, 0.15) is 112 Å². The lowest BCUT2D eigenvalue weighted by molar-refractivity contribution is -0.318. The van der Waals surface area contributed by atoms with Crippen LogP contribution in [0.2, 0.25) is 0 Å². The fourth-order valence-electron chi connectivity index (χ4n) is 12.0. The number of esters is 1. The molecule has 0 saturated carbocycles. The second kappa shape index (κ2) is 28.2. The zero-order valence-electron chi connectivity index (χ0n) is 49.6. The standard InChI is InChI=1S/C59H91N7O14S/c1-14-48-59(10,72)52(68)39(6)65(12)29-35(2)27-57(8,71)54(37(4)51(38(5)55(70)78-48)79-49-28-58(9,73-13)53(69)40(7)77-49)80-56-50(67)47(26-36(3)76-56)64(11)25-24-43-30-66(62-60-43)44(32-74-31-41-18-16-15-17-19-41)33-75-45-22-20-42(21-23-45)46-34-81-63-61-46/h15-23,30,34-40,44,47-54,56,67-69,71-72H,14,24-29,31-33H2,1-13H3/t35-,36-,37+,38-,39-,40+,44-,47+,48-,49+,50-,51+,52-,53+,54-,56+,57-,58-,59-/m1/s1. The van der Waals surface area contributed by atoms with Crippen molar-refractivity contribution < 1.29 is 68.2 Å². The Hall–Kier alpha value is -4.11. The van der Waals surface area contributed by atoms with Gasteiger partial charge in [0, 0.05) is 68.2 Å². The molecule has 0 aliphatic carbocycles. The minimum atomic E-state index is -1.85. The van der Waals surface area contributed by atoms with E-state index in [-0.39, 0.29) is 43.9 Å². The Balaban J connectivity index is 1.11. The summed E-state index contributed by atoms with van der Waals surface area (Å²) in [5.41, 5.74) is -1.06. The van der Waals surface area contributed by atoms with Crippen molar-refractivity contribution in [2.75, 3.05) is 47.5 Å². The lowest BCUT2D eigenvalue weighted by atomic mass is 9.77. The smallest absolute Gasteiger partial charge is 0.311 e. The van der Waals surface area contributed by atoms with Gasteiger partial charge in [0.1, 0.15) is 54.1 Å². The summed E-state index contributed by atoms with van der Waals surface area (Å²) in [7, 11) is 5.28. The molecule has 3 aliphatic rings. The number of hydrogen-bond acceptors (Lipinski definition) is 21. The number of rotatable bonds is 19. The fourth-order valence-corrected chi connectivity index (χ4v) is 12.5. The number of ether oxygens (including phenoxy) is 8. The van der Waals surface area contributed by atoms with E-state index in [1.807, 2.05) is 106 Å². The van der Waals surface area contributed by atoms with E-state index in [0.29, 0.717) is 44.9 Å². The maximum absolute atomic E-state index is 14.6. The minimum absolute atomic E-state index is 0.0920. The van der Waals surface area contributed by atoms with Crippen molar-refractivity contribution in [1.29, 1.82) is 0 Å². The Labute approximate surface area is 482 Å². The van der Waals surface area contributed by atoms with E-state index < -0.39 is 102 Å². The molecule has 2 aromatic heterocycles. The molecule has 0 spiro atoms. The van der Waals surface area contributed by atoms with Crippen LogP contribution < -0.4 is 4.74 Å². The zero-order chi connectivity index (χ0) is 59.0. The van der Waals surface area contributed by atoms with Crippen LogP contribution in [0, 0.1) is 17.8 Å². The van der Waals surface area contributed by atoms with Crippen LogP contribution >= 0.6 is 11.5 Å². The van der Waals surface area contributed by atoms with Gasteiger partial charge in [-0.25, -0.2) is 4.68 Å². The van der Waals surface area contributed by atoms with E-state index in [0.717, 1.165) is 22.5 Å². The van der Waals surface area contributed by atoms with Crippen molar-refractivity contribution in [3.63, 3.8) is 0 Å². The van der Waals surface area contributed by atoms with Gasteiger partial charge < -0.3 is 73.2 Å². The van der Waals surface area contributed by atoms with E-state index in [9.17, 15) is 30.3 Å². The van der Waals surface area contributed by atoms with Gasteiger partial charge in [0.2, 0.25) is 0 Å². The molecule has 22 heteroatoms. The van der Waals surface area contributed by atoms with E-state index >= 15 is 0 Å². The molecule has 19 atom stereocenters. The lowest BCUT2D eigenvalue weighted by Crippen LogP contribution is -2.61. The number of aliphatic hydroxyl groups excluding tert-OH is 3. The van der Waals surface area contributed by atoms with E-state index in [1.54, 1.807) is 46.2 Å². The molecule has 3 fully saturated rings. The summed E-state index contributed by atoms with van der Waals surface area (Å²) in [6, 6.07) is 16.3. The number of benzene rings is 2. The second-order valence-electron chi connectivity index (χ2n) is 23.9. The van der Waals surface area contributed by atoms with Crippen LogP contribution in [0.25, 0.3) is 11.3 Å². The Bertz CT molecular complexity index is 2530. The third-order valence-corrected chi connectivity index (χ3v) is 17.6. The van der Waals surface area contributed by atoms with E-state index in [4.69, 9.17) is 37.9 Å². The monoisotopic (exact) mass is 1150 g/mol. The van der Waals surface area contributed by atoms with Crippen molar-refractivity contribution >= 4 is 17.5 Å². The molecule has 2 aromatic carbocycles. The Morgan fingerprint density at radius 2 is 1.63 bits per heavy atom. The van der Waals surface area contributed by atoms with E-state index in [1.165, 1.54) is 25.6 Å². The molecule has 3 saturated heterocycles. The Morgan fingerprint density at radius 1 is 0.914 bits per heavy atom. The number of carbonyl (C=O) groups is 1. The van der Waals surface area contributed by atoms with Gasteiger partial charge in [-0.3, -0.25) is 4.79 Å². The highest BCUT2D eigenvalue weighted by atomic mass is 32.1. The molecule has 0 unspecified atom stereocenters. The van der Waals surface area contributed by atoms with Gasteiger partial charge in [-0.2, -0.15) is 0 Å². The number of cyclic esters (lactones) is 1. The van der Waals surface area contributed by atoms with E-state index in [2.05, 4.69) is 24.8 Å². The molecule has 4 aromatic rings. The number of nitrogens with zero attached hydrogens (tertiary/aromatic N) is 7. The number of likely N-dealkylation sites (N-methyl/N-ethyl adjacent to an activating group) is 2. The number of aliphatic hydroxyl groups is 5. The predicted molar refractivity (Wildman–Crippen MR) is 303 cm³/mol. The van der Waals surface area contributed by atoms with Crippen LogP contribution in [0.5, 0.6) is 5.75 Å². The average Bonchev–Trinajstić information content (AvgIpc) is 4.18. The number of aromatic nitrogens is 5. The quantitative estimate of drug-likeness (QED) is 0.0731. The van der Waals surface area contributed by atoms with Crippen LogP contribution in [-0.2, 0) is 51.0 Å². The van der Waals surface area contributed by atoms with Crippen LogP contribution in [0.3, 0.4) is 0 Å². The summed E-state index contributed by atoms with van der Waals surface area (Å²) in [6.45, 7) is 19.5. The molecule has 5 N–H and O–H groups in total. The van der Waals surface area contributed by atoms with Crippen molar-refractivity contribution in [3.05, 3.63) is 77.4 Å². The molecular weight excluding hydrogens is 1060 g/mol. The van der Waals surface area contributed by atoms with Crippen molar-refractivity contribution in [2.24, 2.45) is 17.8 Å². The van der Waals surface area contributed by atoms with Gasteiger partial charge in [0.05, 0.1) is 60.4 Å². The number of carbonyl (C=O) groups excluding carboxylic acids is 1. The predicted octanol–water partition coefficient (Wildman–Crippen LogP) is 5.46. The molecule has 3 aliphatic heterocycles. The molecule has 81 heavy (non-hydrogen) atoms. The minimum Gasteiger partial charge on any atom is -0.491 e. The first-order valence-electron chi connectivity index (χ1n) is 28.6. The van der Waals surface area contributed by atoms with Crippen molar-refractivity contribution in [3.8, 4) is 17.0 Å². The SMILES string of the molecule is CC[C@H]1OC(=O)[C@H](C)[C@@H](O[C@H]2C[C@@](C)(OC)[C@@H](O)[C@H](C)O2)[C@H](C)[C@@H](O[C@@H]2O[C@H](C)C[C@H](N(C)CCc3cn([C@H](COCc4ccccc4)COc4ccc(-c5csnn5)cc4)nn3)[C@H]2O)[C@](C)(O)C[C@@H](C)CN(C)[C@H](C)[C@@H](O)[C@]1(C)O. The lowest BCUT2D eigenvalue weighted by Gasteiger charge is -2.49. The normalized spacial score (nSPS) is 36.4. The van der Waals surface area contributed by atoms with Gasteiger partial charge in [-0.05, 0) is 129 Å². The molecule has 5 heterocycles. The van der Waals surface area contributed by atoms with Gasteiger partial charge in [-0.15, -0.1) is 10.2 Å². The third kappa shape index (κ3) is 16.0. The fraction of sp³-hybridized carbons (Fsp3) is 0.712.